The van der Waals surface area contributed by atoms with Gasteiger partial charge in [-0.1, -0.05) is 30.3 Å². The Labute approximate surface area is 113 Å². The van der Waals surface area contributed by atoms with Gasteiger partial charge in [-0.3, -0.25) is 9.59 Å². The van der Waals surface area contributed by atoms with E-state index in [0.717, 1.165) is 5.56 Å². The predicted octanol–water partition coefficient (Wildman–Crippen LogP) is 1.87. The van der Waals surface area contributed by atoms with Crippen LogP contribution in [-0.2, 0) is 9.59 Å². The standard InChI is InChI=1S/C15H20N2O2/c1-10(2)17-12(11-8-6-5-7-9-11)13(18)16-15(3,4)14(17)19/h5-10,12H,1-4H3,(H,16,18). The second-order valence-electron chi connectivity index (χ2n) is 5.73. The summed E-state index contributed by atoms with van der Waals surface area (Å²) in [4.78, 5) is 26.6. The summed E-state index contributed by atoms with van der Waals surface area (Å²) in [6.45, 7) is 7.35. The van der Waals surface area contributed by atoms with Crippen LogP contribution in [0.4, 0.5) is 0 Å². The second kappa shape index (κ2) is 4.68. The summed E-state index contributed by atoms with van der Waals surface area (Å²) in [5.74, 6) is -0.166. The zero-order valence-corrected chi connectivity index (χ0v) is 11.8. The molecule has 1 aliphatic heterocycles. The third-order valence-electron chi connectivity index (χ3n) is 3.40. The first-order valence-electron chi connectivity index (χ1n) is 6.54. The van der Waals surface area contributed by atoms with Crippen molar-refractivity contribution >= 4 is 11.8 Å². The van der Waals surface area contributed by atoms with E-state index in [-0.39, 0.29) is 17.9 Å². The van der Waals surface area contributed by atoms with Crippen LogP contribution < -0.4 is 5.32 Å². The molecule has 1 aromatic carbocycles. The Bertz CT molecular complexity index is 494. The Morgan fingerprint density at radius 2 is 1.74 bits per heavy atom. The quantitative estimate of drug-likeness (QED) is 0.882. The minimum Gasteiger partial charge on any atom is -0.340 e. The van der Waals surface area contributed by atoms with Crippen molar-refractivity contribution < 1.29 is 9.59 Å². The van der Waals surface area contributed by atoms with Crippen molar-refractivity contribution in [2.45, 2.75) is 45.3 Å². The summed E-state index contributed by atoms with van der Waals surface area (Å²) in [6, 6.07) is 8.85. The molecule has 0 aromatic heterocycles. The highest BCUT2D eigenvalue weighted by Gasteiger charge is 2.46. The SMILES string of the molecule is CC(C)N1C(=O)C(C)(C)NC(=O)C1c1ccccc1. The van der Waals surface area contributed by atoms with E-state index in [1.54, 1.807) is 18.7 Å². The fraction of sp³-hybridized carbons (Fsp3) is 0.467. The summed E-state index contributed by atoms with van der Waals surface area (Å²) in [7, 11) is 0. The highest BCUT2D eigenvalue weighted by molar-refractivity contribution is 5.99. The van der Waals surface area contributed by atoms with Gasteiger partial charge in [-0.15, -0.1) is 0 Å². The van der Waals surface area contributed by atoms with Crippen LogP contribution in [0, 0.1) is 0 Å². The number of carbonyl (C=O) groups is 2. The summed E-state index contributed by atoms with van der Waals surface area (Å²) in [5, 5.41) is 2.81. The molecule has 0 bridgehead atoms. The molecule has 1 unspecified atom stereocenters. The summed E-state index contributed by atoms with van der Waals surface area (Å²) >= 11 is 0. The molecular weight excluding hydrogens is 240 g/mol. The van der Waals surface area contributed by atoms with Crippen LogP contribution in [0.2, 0.25) is 0 Å². The lowest BCUT2D eigenvalue weighted by atomic mass is 9.92. The molecule has 2 rings (SSSR count). The lowest BCUT2D eigenvalue weighted by Crippen LogP contribution is -2.66. The minimum absolute atomic E-state index is 0.0250. The Hall–Kier alpha value is -1.84. The van der Waals surface area contributed by atoms with E-state index in [1.165, 1.54) is 0 Å². The van der Waals surface area contributed by atoms with Gasteiger partial charge in [0.1, 0.15) is 11.6 Å². The van der Waals surface area contributed by atoms with Crippen LogP contribution >= 0.6 is 0 Å². The normalized spacial score (nSPS) is 22.6. The molecule has 1 atom stereocenters. The lowest BCUT2D eigenvalue weighted by Gasteiger charge is -2.45. The number of nitrogens with zero attached hydrogens (tertiary/aromatic N) is 1. The van der Waals surface area contributed by atoms with Crippen molar-refractivity contribution in [3.8, 4) is 0 Å². The number of rotatable bonds is 2. The van der Waals surface area contributed by atoms with E-state index < -0.39 is 11.6 Å². The molecular formula is C15H20N2O2. The first-order chi connectivity index (χ1) is 8.84. The van der Waals surface area contributed by atoms with Gasteiger partial charge in [0, 0.05) is 6.04 Å². The molecule has 102 valence electrons. The number of hydrogen-bond acceptors (Lipinski definition) is 2. The number of benzene rings is 1. The maximum Gasteiger partial charge on any atom is 0.248 e. The van der Waals surface area contributed by atoms with Gasteiger partial charge in [0.25, 0.3) is 0 Å². The molecule has 1 heterocycles. The molecule has 4 nitrogen and oxygen atoms in total. The molecule has 1 aromatic rings. The monoisotopic (exact) mass is 260 g/mol. The second-order valence-corrected chi connectivity index (χ2v) is 5.73. The molecule has 0 spiro atoms. The van der Waals surface area contributed by atoms with Gasteiger partial charge >= 0.3 is 0 Å². The predicted molar refractivity (Wildman–Crippen MR) is 73.4 cm³/mol. The van der Waals surface area contributed by atoms with Crippen LogP contribution in [0.3, 0.4) is 0 Å². The molecule has 0 radical (unpaired) electrons. The number of nitrogens with one attached hydrogen (secondary N) is 1. The van der Waals surface area contributed by atoms with E-state index >= 15 is 0 Å². The maximum atomic E-state index is 12.5. The Morgan fingerprint density at radius 3 is 2.26 bits per heavy atom. The number of hydrogen-bond donors (Lipinski definition) is 1. The molecule has 4 heteroatoms. The van der Waals surface area contributed by atoms with E-state index in [2.05, 4.69) is 5.32 Å². The van der Waals surface area contributed by atoms with Crippen LogP contribution in [0.1, 0.15) is 39.3 Å². The van der Waals surface area contributed by atoms with Crippen LogP contribution in [0.5, 0.6) is 0 Å². The van der Waals surface area contributed by atoms with Gasteiger partial charge in [0.2, 0.25) is 11.8 Å². The first-order valence-corrected chi connectivity index (χ1v) is 6.54. The average molecular weight is 260 g/mol. The highest BCUT2D eigenvalue weighted by atomic mass is 16.2. The van der Waals surface area contributed by atoms with Crippen molar-refractivity contribution in [1.29, 1.82) is 0 Å². The van der Waals surface area contributed by atoms with Crippen molar-refractivity contribution in [3.05, 3.63) is 35.9 Å². The van der Waals surface area contributed by atoms with Crippen molar-refractivity contribution in [1.82, 2.24) is 10.2 Å². The van der Waals surface area contributed by atoms with Crippen molar-refractivity contribution in [2.75, 3.05) is 0 Å². The molecule has 19 heavy (non-hydrogen) atoms. The Kier molecular flexibility index (Phi) is 3.35. The lowest BCUT2D eigenvalue weighted by molar-refractivity contribution is -0.156. The van der Waals surface area contributed by atoms with Crippen LogP contribution in [-0.4, -0.2) is 28.3 Å². The van der Waals surface area contributed by atoms with E-state index in [1.807, 2.05) is 44.2 Å². The molecule has 0 saturated carbocycles. The molecule has 2 amide bonds. The van der Waals surface area contributed by atoms with Gasteiger partial charge in [-0.2, -0.15) is 0 Å². The molecule has 0 aliphatic carbocycles. The third kappa shape index (κ3) is 2.35. The van der Waals surface area contributed by atoms with Crippen LogP contribution in [0.25, 0.3) is 0 Å². The highest BCUT2D eigenvalue weighted by Crippen LogP contribution is 2.30. The fourth-order valence-electron chi connectivity index (χ4n) is 2.48. The Morgan fingerprint density at radius 1 is 1.16 bits per heavy atom. The first kappa shape index (κ1) is 13.6. The van der Waals surface area contributed by atoms with Gasteiger partial charge in [0.05, 0.1) is 0 Å². The van der Waals surface area contributed by atoms with Gasteiger partial charge in [-0.25, -0.2) is 0 Å². The number of amides is 2. The number of piperazine rings is 1. The van der Waals surface area contributed by atoms with Gasteiger partial charge < -0.3 is 10.2 Å². The Balaban J connectivity index is 2.46. The minimum atomic E-state index is -0.841. The maximum absolute atomic E-state index is 12.5. The third-order valence-corrected chi connectivity index (χ3v) is 3.40. The van der Waals surface area contributed by atoms with Gasteiger partial charge in [0.15, 0.2) is 0 Å². The molecule has 1 N–H and O–H groups in total. The summed E-state index contributed by atoms with van der Waals surface area (Å²) in [6.07, 6.45) is 0. The van der Waals surface area contributed by atoms with E-state index in [9.17, 15) is 9.59 Å². The number of carbonyl (C=O) groups excluding carboxylic acids is 2. The summed E-state index contributed by atoms with van der Waals surface area (Å²) < 4.78 is 0. The smallest absolute Gasteiger partial charge is 0.248 e. The van der Waals surface area contributed by atoms with Crippen LogP contribution in [0.15, 0.2) is 30.3 Å². The van der Waals surface area contributed by atoms with Gasteiger partial charge in [-0.05, 0) is 33.3 Å². The molecule has 1 saturated heterocycles. The fourth-order valence-corrected chi connectivity index (χ4v) is 2.48. The molecule has 1 fully saturated rings. The van der Waals surface area contributed by atoms with Crippen molar-refractivity contribution in [2.24, 2.45) is 0 Å². The zero-order chi connectivity index (χ0) is 14.2. The average Bonchev–Trinajstić information content (AvgIpc) is 2.33. The van der Waals surface area contributed by atoms with E-state index in [0.29, 0.717) is 0 Å². The van der Waals surface area contributed by atoms with Crippen molar-refractivity contribution in [3.63, 3.8) is 0 Å². The van der Waals surface area contributed by atoms with E-state index in [4.69, 9.17) is 0 Å². The molecule has 1 aliphatic rings. The topological polar surface area (TPSA) is 49.4 Å². The zero-order valence-electron chi connectivity index (χ0n) is 11.8. The largest absolute Gasteiger partial charge is 0.340 e. The summed E-state index contributed by atoms with van der Waals surface area (Å²) in [5.41, 5.74) is 0.00431.